The molecule has 1 heterocycles. The zero-order valence-corrected chi connectivity index (χ0v) is 17.4. The van der Waals surface area contributed by atoms with Crippen molar-refractivity contribution in [1.29, 1.82) is 5.26 Å². The SMILES string of the molecule is C[C@](C#N)(c1ccccc1)[C@]1(O)C(=O)N(Cc2ccccc2)c2c(Br)cccc21. The molecule has 0 saturated heterocycles. The molecule has 144 valence electrons. The Kier molecular flexibility index (Phi) is 4.77. The van der Waals surface area contributed by atoms with Gasteiger partial charge in [0.2, 0.25) is 0 Å². The first-order valence-electron chi connectivity index (χ1n) is 9.27. The lowest BCUT2D eigenvalue weighted by Crippen LogP contribution is -2.53. The van der Waals surface area contributed by atoms with Crippen LogP contribution in [-0.2, 0) is 22.4 Å². The third-order valence-electron chi connectivity index (χ3n) is 5.68. The summed E-state index contributed by atoms with van der Waals surface area (Å²) < 4.78 is 0.698. The minimum Gasteiger partial charge on any atom is -0.374 e. The van der Waals surface area contributed by atoms with Gasteiger partial charge < -0.3 is 10.0 Å². The summed E-state index contributed by atoms with van der Waals surface area (Å²) in [6, 6.07) is 26.2. The number of halogens is 1. The fraction of sp³-hybridized carbons (Fsp3) is 0.167. The number of fused-ring (bicyclic) bond motifs is 1. The Morgan fingerprint density at radius 3 is 2.28 bits per heavy atom. The molecule has 0 saturated carbocycles. The van der Waals surface area contributed by atoms with E-state index < -0.39 is 16.9 Å². The number of hydrogen-bond acceptors (Lipinski definition) is 3. The van der Waals surface area contributed by atoms with Gasteiger partial charge in [0.15, 0.2) is 5.60 Å². The third kappa shape index (κ3) is 2.79. The van der Waals surface area contributed by atoms with E-state index in [0.29, 0.717) is 27.8 Å². The van der Waals surface area contributed by atoms with E-state index in [1.54, 1.807) is 48.2 Å². The van der Waals surface area contributed by atoms with Crippen molar-refractivity contribution in [1.82, 2.24) is 0 Å². The second-order valence-corrected chi connectivity index (χ2v) is 8.18. The molecule has 1 aliphatic rings. The van der Waals surface area contributed by atoms with E-state index in [-0.39, 0.29) is 0 Å². The highest BCUT2D eigenvalue weighted by Gasteiger charge is 2.62. The Bertz CT molecular complexity index is 1110. The molecule has 0 aliphatic carbocycles. The molecule has 0 radical (unpaired) electrons. The van der Waals surface area contributed by atoms with Crippen LogP contribution < -0.4 is 4.90 Å². The summed E-state index contributed by atoms with van der Waals surface area (Å²) in [5.41, 5.74) is -0.929. The average Bonchev–Trinajstić information content (AvgIpc) is 2.98. The van der Waals surface area contributed by atoms with Gasteiger partial charge in [-0.05, 0) is 40.0 Å². The summed E-state index contributed by atoms with van der Waals surface area (Å²) in [4.78, 5) is 15.3. The molecule has 0 spiro atoms. The topological polar surface area (TPSA) is 64.3 Å². The van der Waals surface area contributed by atoms with Gasteiger partial charge in [0.25, 0.3) is 5.91 Å². The van der Waals surface area contributed by atoms with Crippen molar-refractivity contribution in [3.63, 3.8) is 0 Å². The van der Waals surface area contributed by atoms with Crippen LogP contribution in [0.15, 0.2) is 83.3 Å². The van der Waals surface area contributed by atoms with Crippen LogP contribution in [0.25, 0.3) is 0 Å². The minimum absolute atomic E-state index is 0.299. The molecule has 0 aromatic heterocycles. The first-order valence-corrected chi connectivity index (χ1v) is 10.1. The summed E-state index contributed by atoms with van der Waals surface area (Å²) in [6.45, 7) is 1.92. The summed E-state index contributed by atoms with van der Waals surface area (Å²) in [7, 11) is 0. The Labute approximate surface area is 178 Å². The standard InChI is InChI=1S/C24H19BrN2O2/c1-23(16-26,18-11-6-3-7-12-18)24(29)19-13-8-14-20(25)21(19)27(22(24)28)15-17-9-4-2-5-10-17/h2-14,29H,15H2,1H3/t23-,24+/m0/s1. The van der Waals surface area contributed by atoms with Gasteiger partial charge in [0.05, 0.1) is 18.3 Å². The largest absolute Gasteiger partial charge is 0.374 e. The number of nitriles is 1. The van der Waals surface area contributed by atoms with E-state index in [9.17, 15) is 15.2 Å². The first-order chi connectivity index (χ1) is 13.9. The fourth-order valence-electron chi connectivity index (χ4n) is 4.02. The Morgan fingerprint density at radius 1 is 1.03 bits per heavy atom. The van der Waals surface area contributed by atoms with Crippen molar-refractivity contribution in [3.8, 4) is 6.07 Å². The predicted octanol–water partition coefficient (Wildman–Crippen LogP) is 4.66. The van der Waals surface area contributed by atoms with Crippen LogP contribution >= 0.6 is 15.9 Å². The summed E-state index contributed by atoms with van der Waals surface area (Å²) in [5.74, 6) is -0.504. The van der Waals surface area contributed by atoms with Gasteiger partial charge in [0, 0.05) is 10.0 Å². The van der Waals surface area contributed by atoms with Crippen LogP contribution in [0, 0.1) is 11.3 Å². The second-order valence-electron chi connectivity index (χ2n) is 7.33. The number of carbonyl (C=O) groups is 1. The number of benzene rings is 3. The van der Waals surface area contributed by atoms with Crippen molar-refractivity contribution >= 4 is 27.5 Å². The van der Waals surface area contributed by atoms with E-state index in [1.807, 2.05) is 42.5 Å². The van der Waals surface area contributed by atoms with E-state index in [0.717, 1.165) is 5.56 Å². The van der Waals surface area contributed by atoms with Crippen molar-refractivity contribution in [3.05, 3.63) is 100 Å². The molecule has 1 amide bonds. The van der Waals surface area contributed by atoms with Gasteiger partial charge in [-0.1, -0.05) is 72.8 Å². The van der Waals surface area contributed by atoms with Gasteiger partial charge in [-0.25, -0.2) is 0 Å². The molecular weight excluding hydrogens is 428 g/mol. The third-order valence-corrected chi connectivity index (χ3v) is 6.32. The highest BCUT2D eigenvalue weighted by atomic mass is 79.9. The molecule has 0 fully saturated rings. The monoisotopic (exact) mass is 446 g/mol. The van der Waals surface area contributed by atoms with E-state index in [2.05, 4.69) is 22.0 Å². The number of amides is 1. The molecule has 0 bridgehead atoms. The van der Waals surface area contributed by atoms with Crippen molar-refractivity contribution in [2.45, 2.75) is 24.5 Å². The highest BCUT2D eigenvalue weighted by molar-refractivity contribution is 9.10. The molecule has 5 heteroatoms. The van der Waals surface area contributed by atoms with Gasteiger partial charge in [0.1, 0.15) is 5.41 Å². The van der Waals surface area contributed by atoms with Crippen LogP contribution in [0.3, 0.4) is 0 Å². The predicted molar refractivity (Wildman–Crippen MR) is 115 cm³/mol. The molecule has 3 aromatic carbocycles. The van der Waals surface area contributed by atoms with E-state index in [4.69, 9.17) is 0 Å². The zero-order valence-electron chi connectivity index (χ0n) is 15.8. The van der Waals surface area contributed by atoms with Crippen LogP contribution in [0.5, 0.6) is 0 Å². The Balaban J connectivity index is 1.92. The highest BCUT2D eigenvalue weighted by Crippen LogP contribution is 2.53. The normalized spacial score (nSPS) is 20.1. The smallest absolute Gasteiger partial charge is 0.266 e. The zero-order chi connectivity index (χ0) is 20.6. The number of hydrogen-bond donors (Lipinski definition) is 1. The fourth-order valence-corrected chi connectivity index (χ4v) is 4.60. The van der Waals surface area contributed by atoms with Gasteiger partial charge in [-0.2, -0.15) is 5.26 Å². The van der Waals surface area contributed by atoms with Crippen LogP contribution in [0.1, 0.15) is 23.6 Å². The lowest BCUT2D eigenvalue weighted by Gasteiger charge is -2.36. The van der Waals surface area contributed by atoms with Gasteiger partial charge in [-0.15, -0.1) is 0 Å². The maximum Gasteiger partial charge on any atom is 0.266 e. The summed E-state index contributed by atoms with van der Waals surface area (Å²) in [6.07, 6.45) is 0. The molecule has 29 heavy (non-hydrogen) atoms. The van der Waals surface area contributed by atoms with Gasteiger partial charge >= 0.3 is 0 Å². The van der Waals surface area contributed by atoms with Crippen molar-refractivity contribution in [2.75, 3.05) is 4.90 Å². The van der Waals surface area contributed by atoms with E-state index in [1.165, 1.54) is 0 Å². The molecule has 0 unspecified atom stereocenters. The first kappa shape index (κ1) is 19.4. The number of rotatable bonds is 4. The van der Waals surface area contributed by atoms with Crippen LogP contribution in [-0.4, -0.2) is 11.0 Å². The molecule has 2 atom stereocenters. The molecule has 1 aliphatic heterocycles. The molecule has 1 N–H and O–H groups in total. The molecule has 4 nitrogen and oxygen atoms in total. The minimum atomic E-state index is -2.02. The summed E-state index contributed by atoms with van der Waals surface area (Å²) in [5, 5.41) is 22.1. The number of carbonyl (C=O) groups excluding carboxylic acids is 1. The Morgan fingerprint density at radius 2 is 1.66 bits per heavy atom. The quantitative estimate of drug-likeness (QED) is 0.633. The van der Waals surface area contributed by atoms with E-state index >= 15 is 0 Å². The maximum absolute atomic E-state index is 13.7. The number of anilines is 1. The molecule has 4 rings (SSSR count). The number of nitrogens with zero attached hydrogens (tertiary/aromatic N) is 2. The number of aliphatic hydroxyl groups is 1. The lowest BCUT2D eigenvalue weighted by molar-refractivity contribution is -0.141. The van der Waals surface area contributed by atoms with Crippen molar-refractivity contribution in [2.24, 2.45) is 0 Å². The summed E-state index contributed by atoms with van der Waals surface area (Å²) >= 11 is 3.54. The molecular formula is C24H19BrN2O2. The molecule has 3 aromatic rings. The maximum atomic E-state index is 13.7. The number of para-hydroxylation sites is 1. The van der Waals surface area contributed by atoms with Crippen LogP contribution in [0.2, 0.25) is 0 Å². The second kappa shape index (κ2) is 7.14. The van der Waals surface area contributed by atoms with Gasteiger partial charge in [-0.3, -0.25) is 4.79 Å². The van der Waals surface area contributed by atoms with Crippen LogP contribution in [0.4, 0.5) is 5.69 Å². The Hall–Kier alpha value is -2.94. The van der Waals surface area contributed by atoms with Crippen molar-refractivity contribution < 1.29 is 9.90 Å². The lowest BCUT2D eigenvalue weighted by atomic mass is 9.67. The average molecular weight is 447 g/mol.